The first-order valence-electron chi connectivity index (χ1n) is 4.66. The van der Waals surface area contributed by atoms with E-state index in [9.17, 15) is 0 Å². The predicted octanol–water partition coefficient (Wildman–Crippen LogP) is 3.51. The number of hydrogen-bond acceptors (Lipinski definition) is 1. The van der Waals surface area contributed by atoms with Crippen LogP contribution < -0.4 is 0 Å². The molecule has 0 aromatic rings. The Kier molecular flexibility index (Phi) is 10.1. The van der Waals surface area contributed by atoms with Crippen LogP contribution in [0.3, 0.4) is 0 Å². The first kappa shape index (κ1) is 12.5. The Balaban J connectivity index is 2.82. The Morgan fingerprint density at radius 3 is 1.83 bits per heavy atom. The highest BCUT2D eigenvalue weighted by Crippen LogP contribution is 2.13. The molecule has 0 unspecified atom stereocenters. The molecule has 0 fully saturated rings. The third-order valence-corrected chi connectivity index (χ3v) is 2.27. The van der Waals surface area contributed by atoms with Crippen LogP contribution in [0.1, 0.15) is 44.9 Å². The van der Waals surface area contributed by atoms with Crippen molar-refractivity contribution in [1.29, 1.82) is 0 Å². The maximum Gasteiger partial charge on any atom is 0.107 e. The van der Waals surface area contributed by atoms with Crippen molar-refractivity contribution in [3.05, 3.63) is 0 Å². The Hall–Kier alpha value is 0.540. The van der Waals surface area contributed by atoms with E-state index in [1.165, 1.54) is 19.3 Å². The van der Waals surface area contributed by atoms with Crippen molar-refractivity contribution < 1.29 is 5.11 Å². The molecule has 0 aromatic carbocycles. The lowest BCUT2D eigenvalue weighted by molar-refractivity contribution is 0.282. The van der Waals surface area contributed by atoms with E-state index in [0.717, 1.165) is 25.7 Å². The second-order valence-corrected chi connectivity index (χ2v) is 4.30. The zero-order valence-electron chi connectivity index (χ0n) is 7.44. The summed E-state index contributed by atoms with van der Waals surface area (Å²) in [7, 11) is 0. The summed E-state index contributed by atoms with van der Waals surface area (Å²) < 4.78 is 0. The van der Waals surface area contributed by atoms with E-state index in [-0.39, 0.29) is 4.84 Å². The molecule has 0 aromatic heterocycles. The van der Waals surface area contributed by atoms with E-state index >= 15 is 0 Å². The molecule has 0 saturated carbocycles. The van der Waals surface area contributed by atoms with Crippen LogP contribution >= 0.6 is 23.2 Å². The summed E-state index contributed by atoms with van der Waals surface area (Å²) in [5, 5.41) is 8.51. The lowest BCUT2D eigenvalue weighted by Gasteiger charge is -2.01. The molecule has 0 aliphatic rings. The van der Waals surface area contributed by atoms with Crippen LogP contribution in [0.4, 0.5) is 0 Å². The van der Waals surface area contributed by atoms with Gasteiger partial charge in [-0.3, -0.25) is 0 Å². The van der Waals surface area contributed by atoms with Gasteiger partial charge in [-0.2, -0.15) is 0 Å². The summed E-state index contributed by atoms with van der Waals surface area (Å²) in [5.74, 6) is 0. The van der Waals surface area contributed by atoms with Gasteiger partial charge in [-0.05, 0) is 12.8 Å². The van der Waals surface area contributed by atoms with Gasteiger partial charge in [0, 0.05) is 6.61 Å². The van der Waals surface area contributed by atoms with E-state index in [0.29, 0.717) is 6.61 Å². The molecule has 1 nitrogen and oxygen atoms in total. The Bertz CT molecular complexity index is 86.6. The molecule has 0 radical (unpaired) electrons. The number of alkyl halides is 2. The van der Waals surface area contributed by atoms with Crippen molar-refractivity contribution in [1.82, 2.24) is 0 Å². The number of halogens is 2. The highest BCUT2D eigenvalue weighted by atomic mass is 35.5. The zero-order valence-corrected chi connectivity index (χ0v) is 8.95. The van der Waals surface area contributed by atoms with Crippen LogP contribution in [0.25, 0.3) is 0 Å². The van der Waals surface area contributed by atoms with Crippen molar-refractivity contribution in [2.24, 2.45) is 0 Å². The van der Waals surface area contributed by atoms with Gasteiger partial charge in [0.15, 0.2) is 0 Å². The molecular formula is C9H18Cl2O. The molecule has 74 valence electrons. The first-order chi connectivity index (χ1) is 5.77. The topological polar surface area (TPSA) is 20.2 Å². The molecule has 12 heavy (non-hydrogen) atoms. The fourth-order valence-electron chi connectivity index (χ4n) is 1.12. The summed E-state index contributed by atoms with van der Waals surface area (Å²) in [6.45, 7) is 0.325. The van der Waals surface area contributed by atoms with Crippen LogP contribution in [0.15, 0.2) is 0 Å². The molecule has 0 saturated heterocycles. The Morgan fingerprint density at radius 1 is 0.833 bits per heavy atom. The van der Waals surface area contributed by atoms with Crippen LogP contribution in [-0.2, 0) is 0 Å². The molecule has 0 rings (SSSR count). The normalized spacial score (nSPS) is 11.0. The molecule has 0 amide bonds. The fraction of sp³-hybridized carbons (Fsp3) is 1.00. The van der Waals surface area contributed by atoms with Crippen molar-refractivity contribution in [3.63, 3.8) is 0 Å². The number of aliphatic hydroxyl groups excluding tert-OH is 1. The second kappa shape index (κ2) is 9.63. The zero-order chi connectivity index (χ0) is 9.23. The largest absolute Gasteiger partial charge is 0.396 e. The predicted molar refractivity (Wildman–Crippen MR) is 54.9 cm³/mol. The average molecular weight is 213 g/mol. The van der Waals surface area contributed by atoms with E-state index < -0.39 is 0 Å². The van der Waals surface area contributed by atoms with Gasteiger partial charge in [-0.25, -0.2) is 0 Å². The van der Waals surface area contributed by atoms with E-state index in [2.05, 4.69) is 0 Å². The second-order valence-electron chi connectivity index (χ2n) is 3.02. The van der Waals surface area contributed by atoms with Crippen molar-refractivity contribution >= 4 is 23.2 Å². The monoisotopic (exact) mass is 212 g/mol. The van der Waals surface area contributed by atoms with Gasteiger partial charge in [0.25, 0.3) is 0 Å². The first-order valence-corrected chi connectivity index (χ1v) is 5.53. The minimum atomic E-state index is -0.192. The van der Waals surface area contributed by atoms with E-state index in [1.54, 1.807) is 0 Å². The highest BCUT2D eigenvalue weighted by Gasteiger charge is 1.97. The van der Waals surface area contributed by atoms with Crippen LogP contribution in [0.5, 0.6) is 0 Å². The van der Waals surface area contributed by atoms with Gasteiger partial charge < -0.3 is 5.11 Å². The summed E-state index contributed by atoms with van der Waals surface area (Å²) in [4.78, 5) is -0.192. The molecule has 0 spiro atoms. The third kappa shape index (κ3) is 10.5. The van der Waals surface area contributed by atoms with Gasteiger partial charge in [-0.1, -0.05) is 32.1 Å². The van der Waals surface area contributed by atoms with Crippen molar-refractivity contribution in [2.75, 3.05) is 6.61 Å². The van der Waals surface area contributed by atoms with Gasteiger partial charge in [-0.15, -0.1) is 23.2 Å². The number of unbranched alkanes of at least 4 members (excludes halogenated alkanes) is 5. The standard InChI is InChI=1S/C9H18Cl2O/c10-9(11)7-5-3-1-2-4-6-8-12/h9,12H,1-8H2. The van der Waals surface area contributed by atoms with Crippen LogP contribution in [0, 0.1) is 0 Å². The minimum absolute atomic E-state index is 0.192. The molecule has 3 heteroatoms. The van der Waals surface area contributed by atoms with Gasteiger partial charge in [0.2, 0.25) is 0 Å². The fourth-order valence-corrected chi connectivity index (χ4v) is 1.43. The minimum Gasteiger partial charge on any atom is -0.396 e. The quantitative estimate of drug-likeness (QED) is 0.483. The third-order valence-electron chi connectivity index (χ3n) is 1.83. The molecule has 0 heterocycles. The van der Waals surface area contributed by atoms with Crippen molar-refractivity contribution in [2.45, 2.75) is 49.8 Å². The Morgan fingerprint density at radius 2 is 1.33 bits per heavy atom. The Labute approximate surface area is 85.1 Å². The number of rotatable bonds is 8. The molecule has 0 aliphatic carbocycles. The van der Waals surface area contributed by atoms with Crippen molar-refractivity contribution in [3.8, 4) is 0 Å². The SMILES string of the molecule is OCCCCCCCCC(Cl)Cl. The molecule has 0 aliphatic heterocycles. The van der Waals surface area contributed by atoms with Crippen LogP contribution in [-0.4, -0.2) is 16.5 Å². The summed E-state index contributed by atoms with van der Waals surface area (Å²) >= 11 is 11.1. The summed E-state index contributed by atoms with van der Waals surface area (Å²) in [6.07, 6.45) is 7.77. The van der Waals surface area contributed by atoms with E-state index in [1.807, 2.05) is 0 Å². The smallest absolute Gasteiger partial charge is 0.107 e. The molecule has 1 N–H and O–H groups in total. The average Bonchev–Trinajstić information content (AvgIpc) is 2.02. The lowest BCUT2D eigenvalue weighted by Crippen LogP contribution is -1.87. The van der Waals surface area contributed by atoms with Crippen LogP contribution in [0.2, 0.25) is 0 Å². The maximum absolute atomic E-state index is 8.51. The van der Waals surface area contributed by atoms with Gasteiger partial charge >= 0.3 is 0 Å². The number of hydrogen-bond donors (Lipinski definition) is 1. The highest BCUT2D eigenvalue weighted by molar-refractivity contribution is 6.44. The molecular weight excluding hydrogens is 195 g/mol. The van der Waals surface area contributed by atoms with E-state index in [4.69, 9.17) is 28.3 Å². The van der Waals surface area contributed by atoms with Gasteiger partial charge in [0.1, 0.15) is 4.84 Å². The van der Waals surface area contributed by atoms with Gasteiger partial charge in [0.05, 0.1) is 0 Å². The molecule has 0 atom stereocenters. The lowest BCUT2D eigenvalue weighted by atomic mass is 10.1. The maximum atomic E-state index is 8.51. The summed E-state index contributed by atoms with van der Waals surface area (Å²) in [6, 6.07) is 0. The number of aliphatic hydroxyl groups is 1. The summed E-state index contributed by atoms with van der Waals surface area (Å²) in [5.41, 5.74) is 0. The molecule has 0 bridgehead atoms.